The zero-order valence-electron chi connectivity index (χ0n) is 13.4. The number of imidazole rings is 1. The number of likely N-dealkylation sites (N-methyl/N-ethyl adjacent to an activating group) is 1. The van der Waals surface area contributed by atoms with Crippen LogP contribution in [0.25, 0.3) is 5.65 Å². The Morgan fingerprint density at radius 2 is 2.04 bits per heavy atom. The fourth-order valence-corrected chi connectivity index (χ4v) is 2.55. The topological polar surface area (TPSA) is 50.5 Å². The Labute approximate surface area is 135 Å². The fourth-order valence-electron chi connectivity index (χ4n) is 2.55. The first-order chi connectivity index (χ1) is 11.1. The van der Waals surface area contributed by atoms with Gasteiger partial charge in [-0.15, -0.1) is 0 Å². The normalized spacial score (nSPS) is 10.9. The summed E-state index contributed by atoms with van der Waals surface area (Å²) in [5.41, 5.74) is 4.01. The number of pyridine rings is 2. The summed E-state index contributed by atoms with van der Waals surface area (Å²) in [6.07, 6.45) is 8.59. The number of rotatable bonds is 5. The Bertz CT molecular complexity index is 810. The molecule has 0 saturated heterocycles. The quantitative estimate of drug-likeness (QED) is 0.726. The number of carbonyl (C=O) groups is 1. The van der Waals surface area contributed by atoms with Gasteiger partial charge >= 0.3 is 0 Å². The van der Waals surface area contributed by atoms with E-state index in [-0.39, 0.29) is 5.91 Å². The minimum absolute atomic E-state index is 0.0834. The van der Waals surface area contributed by atoms with Crippen LogP contribution in [-0.4, -0.2) is 38.8 Å². The smallest absolute Gasteiger partial charge is 0.228 e. The SMILES string of the molecule is Cc1cccn2cc(CC(=O)N(C)CCc3ccncc3)nc12. The van der Waals surface area contributed by atoms with Crippen molar-refractivity contribution in [3.05, 3.63) is 65.9 Å². The number of hydrogen-bond donors (Lipinski definition) is 0. The molecular formula is C18H20N4O. The molecule has 0 bridgehead atoms. The number of amides is 1. The van der Waals surface area contributed by atoms with Crippen LogP contribution in [0, 0.1) is 6.92 Å². The number of aryl methyl sites for hydroxylation is 1. The van der Waals surface area contributed by atoms with Gasteiger partial charge in [-0.2, -0.15) is 0 Å². The van der Waals surface area contributed by atoms with E-state index in [1.807, 2.05) is 55.0 Å². The van der Waals surface area contributed by atoms with Crippen molar-refractivity contribution in [2.75, 3.05) is 13.6 Å². The van der Waals surface area contributed by atoms with Crippen molar-refractivity contribution in [3.8, 4) is 0 Å². The summed E-state index contributed by atoms with van der Waals surface area (Å²) in [6, 6.07) is 7.96. The zero-order chi connectivity index (χ0) is 16.2. The van der Waals surface area contributed by atoms with E-state index in [0.717, 1.165) is 23.3 Å². The van der Waals surface area contributed by atoms with Crippen LogP contribution in [0.15, 0.2) is 49.1 Å². The first kappa shape index (κ1) is 15.2. The second kappa shape index (κ2) is 6.60. The molecule has 3 aromatic rings. The highest BCUT2D eigenvalue weighted by molar-refractivity contribution is 5.78. The summed E-state index contributed by atoms with van der Waals surface area (Å²) < 4.78 is 1.97. The highest BCUT2D eigenvalue weighted by atomic mass is 16.2. The van der Waals surface area contributed by atoms with Gasteiger partial charge in [0, 0.05) is 38.4 Å². The molecule has 0 radical (unpaired) electrons. The van der Waals surface area contributed by atoms with Gasteiger partial charge in [0.1, 0.15) is 5.65 Å². The first-order valence-electron chi connectivity index (χ1n) is 7.69. The van der Waals surface area contributed by atoms with Crippen LogP contribution < -0.4 is 0 Å². The average molecular weight is 308 g/mol. The van der Waals surface area contributed by atoms with Gasteiger partial charge in [0.25, 0.3) is 0 Å². The van der Waals surface area contributed by atoms with Crippen LogP contribution in [0.3, 0.4) is 0 Å². The summed E-state index contributed by atoms with van der Waals surface area (Å²) in [7, 11) is 1.84. The first-order valence-corrected chi connectivity index (χ1v) is 7.69. The third kappa shape index (κ3) is 3.56. The molecule has 0 fully saturated rings. The number of hydrogen-bond acceptors (Lipinski definition) is 3. The van der Waals surface area contributed by atoms with E-state index in [1.54, 1.807) is 17.3 Å². The van der Waals surface area contributed by atoms with Crippen molar-refractivity contribution in [1.82, 2.24) is 19.3 Å². The molecule has 1 amide bonds. The van der Waals surface area contributed by atoms with Crippen LogP contribution >= 0.6 is 0 Å². The Balaban J connectivity index is 1.62. The molecule has 0 aliphatic rings. The molecule has 0 aliphatic carbocycles. The van der Waals surface area contributed by atoms with E-state index in [2.05, 4.69) is 9.97 Å². The van der Waals surface area contributed by atoms with Gasteiger partial charge in [0.15, 0.2) is 0 Å². The van der Waals surface area contributed by atoms with Gasteiger partial charge in [-0.1, -0.05) is 6.07 Å². The molecule has 0 unspecified atom stereocenters. The maximum Gasteiger partial charge on any atom is 0.228 e. The molecule has 0 aromatic carbocycles. The van der Waals surface area contributed by atoms with Crippen LogP contribution in [0.1, 0.15) is 16.8 Å². The lowest BCUT2D eigenvalue weighted by Gasteiger charge is -2.16. The molecule has 3 rings (SSSR count). The summed E-state index contributed by atoms with van der Waals surface area (Å²) in [5.74, 6) is 0.0834. The van der Waals surface area contributed by atoms with Gasteiger partial charge in [0.05, 0.1) is 12.1 Å². The number of fused-ring (bicyclic) bond motifs is 1. The zero-order valence-corrected chi connectivity index (χ0v) is 13.4. The van der Waals surface area contributed by atoms with E-state index in [1.165, 1.54) is 5.56 Å². The predicted octanol–water partition coefficient (Wildman–Crippen LogP) is 2.28. The molecule has 0 aliphatic heterocycles. The van der Waals surface area contributed by atoms with E-state index in [0.29, 0.717) is 13.0 Å². The lowest BCUT2D eigenvalue weighted by molar-refractivity contribution is -0.129. The molecule has 0 spiro atoms. The van der Waals surface area contributed by atoms with Crippen molar-refractivity contribution in [1.29, 1.82) is 0 Å². The van der Waals surface area contributed by atoms with Crippen molar-refractivity contribution >= 4 is 11.6 Å². The largest absolute Gasteiger partial charge is 0.345 e. The fraction of sp³-hybridized carbons (Fsp3) is 0.278. The number of carbonyl (C=O) groups excluding carboxylic acids is 1. The molecule has 3 aromatic heterocycles. The lowest BCUT2D eigenvalue weighted by atomic mass is 10.2. The molecular weight excluding hydrogens is 288 g/mol. The highest BCUT2D eigenvalue weighted by Gasteiger charge is 2.12. The molecule has 0 saturated carbocycles. The molecule has 0 N–H and O–H groups in total. The number of nitrogens with zero attached hydrogens (tertiary/aromatic N) is 4. The van der Waals surface area contributed by atoms with Crippen LogP contribution in [0.2, 0.25) is 0 Å². The van der Waals surface area contributed by atoms with Crippen molar-refractivity contribution in [2.24, 2.45) is 0 Å². The van der Waals surface area contributed by atoms with Gasteiger partial charge in [-0.3, -0.25) is 9.78 Å². The minimum Gasteiger partial charge on any atom is -0.345 e. The summed E-state index contributed by atoms with van der Waals surface area (Å²) in [5, 5.41) is 0. The van der Waals surface area contributed by atoms with E-state index in [9.17, 15) is 4.79 Å². The molecule has 5 nitrogen and oxygen atoms in total. The average Bonchev–Trinajstić information content (AvgIpc) is 2.97. The van der Waals surface area contributed by atoms with E-state index < -0.39 is 0 Å². The second-order valence-electron chi connectivity index (χ2n) is 5.75. The lowest BCUT2D eigenvalue weighted by Crippen LogP contribution is -2.30. The van der Waals surface area contributed by atoms with Crippen LogP contribution in [0.4, 0.5) is 0 Å². The van der Waals surface area contributed by atoms with E-state index >= 15 is 0 Å². The standard InChI is InChI=1S/C18H20N4O/c1-14-4-3-10-22-13-16(20-18(14)22)12-17(23)21(2)11-7-15-5-8-19-9-6-15/h3-6,8-10,13H,7,11-12H2,1-2H3. The predicted molar refractivity (Wildman–Crippen MR) is 89.2 cm³/mol. The summed E-state index contributed by atoms with van der Waals surface area (Å²) in [4.78, 5) is 22.7. The minimum atomic E-state index is 0.0834. The molecule has 23 heavy (non-hydrogen) atoms. The summed E-state index contributed by atoms with van der Waals surface area (Å²) >= 11 is 0. The van der Waals surface area contributed by atoms with Crippen molar-refractivity contribution in [3.63, 3.8) is 0 Å². The maximum absolute atomic E-state index is 12.4. The van der Waals surface area contributed by atoms with Gasteiger partial charge in [0.2, 0.25) is 5.91 Å². The Kier molecular flexibility index (Phi) is 4.37. The molecule has 5 heteroatoms. The second-order valence-corrected chi connectivity index (χ2v) is 5.75. The van der Waals surface area contributed by atoms with Crippen LogP contribution in [-0.2, 0) is 17.6 Å². The molecule has 0 atom stereocenters. The molecule has 3 heterocycles. The third-order valence-corrected chi connectivity index (χ3v) is 3.97. The van der Waals surface area contributed by atoms with Gasteiger partial charge in [-0.05, 0) is 42.7 Å². The van der Waals surface area contributed by atoms with E-state index in [4.69, 9.17) is 0 Å². The Morgan fingerprint density at radius 1 is 1.26 bits per heavy atom. The Morgan fingerprint density at radius 3 is 2.78 bits per heavy atom. The Hall–Kier alpha value is -2.69. The van der Waals surface area contributed by atoms with Gasteiger partial charge in [-0.25, -0.2) is 4.98 Å². The summed E-state index contributed by atoms with van der Waals surface area (Å²) in [6.45, 7) is 2.71. The number of aromatic nitrogens is 3. The van der Waals surface area contributed by atoms with Crippen molar-refractivity contribution < 1.29 is 4.79 Å². The third-order valence-electron chi connectivity index (χ3n) is 3.97. The van der Waals surface area contributed by atoms with Gasteiger partial charge < -0.3 is 9.30 Å². The van der Waals surface area contributed by atoms with Crippen molar-refractivity contribution in [2.45, 2.75) is 19.8 Å². The highest BCUT2D eigenvalue weighted by Crippen LogP contribution is 2.11. The maximum atomic E-state index is 12.4. The monoisotopic (exact) mass is 308 g/mol. The van der Waals surface area contributed by atoms with Crippen LogP contribution in [0.5, 0.6) is 0 Å². The molecule has 118 valence electrons.